The van der Waals surface area contributed by atoms with Crippen molar-refractivity contribution in [3.8, 4) is 0 Å². The Morgan fingerprint density at radius 2 is 2.32 bits per heavy atom. The number of hydrogen-bond donors (Lipinski definition) is 1. The molecular weight excluding hydrogens is 296 g/mol. The van der Waals surface area contributed by atoms with Gasteiger partial charge in [0.1, 0.15) is 5.54 Å². The van der Waals surface area contributed by atoms with Crippen LogP contribution in [0.1, 0.15) is 37.1 Å². The van der Waals surface area contributed by atoms with Gasteiger partial charge in [0.25, 0.3) is 0 Å². The van der Waals surface area contributed by atoms with Gasteiger partial charge in [-0.2, -0.15) is 0 Å². The Labute approximate surface area is 135 Å². The average Bonchev–Trinajstić information content (AvgIpc) is 3.00. The maximum atomic E-state index is 13.3. The molecule has 3 aliphatic rings. The van der Waals surface area contributed by atoms with E-state index in [2.05, 4.69) is 25.3 Å². The molecule has 22 heavy (non-hydrogen) atoms. The Morgan fingerprint density at radius 3 is 3.14 bits per heavy atom. The first-order chi connectivity index (χ1) is 10.5. The van der Waals surface area contributed by atoms with E-state index in [0.29, 0.717) is 6.54 Å². The van der Waals surface area contributed by atoms with Crippen molar-refractivity contribution in [2.75, 3.05) is 13.2 Å². The molecule has 0 bridgehead atoms. The zero-order valence-electron chi connectivity index (χ0n) is 13.3. The number of ether oxygens (including phenoxy) is 1. The van der Waals surface area contributed by atoms with Crippen LogP contribution in [0.5, 0.6) is 0 Å². The number of amides is 1. The maximum absolute atomic E-state index is 13.3. The summed E-state index contributed by atoms with van der Waals surface area (Å²) in [5.74, 6) is 0.300. The smallest absolute Gasteiger partial charge is 0.244 e. The van der Waals surface area contributed by atoms with Crippen LogP contribution in [0.15, 0.2) is 11.4 Å². The summed E-state index contributed by atoms with van der Waals surface area (Å²) < 4.78 is 5.92. The number of rotatable bonds is 1. The van der Waals surface area contributed by atoms with Gasteiger partial charge in [-0.15, -0.1) is 11.3 Å². The number of hydrogen-bond acceptors (Lipinski definition) is 4. The molecule has 1 saturated heterocycles. The average molecular weight is 320 g/mol. The number of nitrogens with zero attached hydrogens (tertiary/aromatic N) is 1. The van der Waals surface area contributed by atoms with E-state index in [1.807, 2.05) is 4.90 Å². The molecule has 120 valence electrons. The van der Waals surface area contributed by atoms with E-state index >= 15 is 0 Å². The van der Waals surface area contributed by atoms with Gasteiger partial charge in [0.2, 0.25) is 5.91 Å². The highest BCUT2D eigenvalue weighted by atomic mass is 32.1. The van der Waals surface area contributed by atoms with E-state index in [0.717, 1.165) is 32.4 Å². The Balaban J connectivity index is 1.60. The summed E-state index contributed by atoms with van der Waals surface area (Å²) in [6.45, 7) is 6.50. The van der Waals surface area contributed by atoms with Gasteiger partial charge >= 0.3 is 0 Å². The summed E-state index contributed by atoms with van der Waals surface area (Å²) in [6, 6.07) is 2.14. The van der Waals surface area contributed by atoms with Crippen molar-refractivity contribution in [3.63, 3.8) is 0 Å². The zero-order chi connectivity index (χ0) is 15.5. The number of thiophene rings is 1. The lowest BCUT2D eigenvalue weighted by molar-refractivity contribution is -0.230. The molecule has 0 aromatic carbocycles. The van der Waals surface area contributed by atoms with Crippen LogP contribution in [0.2, 0.25) is 0 Å². The fourth-order valence-corrected chi connectivity index (χ4v) is 5.58. The van der Waals surface area contributed by atoms with Crippen molar-refractivity contribution in [1.29, 1.82) is 0 Å². The molecule has 4 nitrogen and oxygen atoms in total. The van der Waals surface area contributed by atoms with E-state index in [1.54, 1.807) is 11.3 Å². The van der Waals surface area contributed by atoms with Gasteiger partial charge in [0, 0.05) is 35.9 Å². The van der Waals surface area contributed by atoms with Crippen LogP contribution in [0.4, 0.5) is 0 Å². The van der Waals surface area contributed by atoms with Crippen molar-refractivity contribution in [2.24, 2.45) is 17.1 Å². The highest BCUT2D eigenvalue weighted by Crippen LogP contribution is 2.58. The summed E-state index contributed by atoms with van der Waals surface area (Å²) in [6.07, 6.45) is 3.11. The third-order valence-electron chi connectivity index (χ3n) is 6.13. The third kappa shape index (κ3) is 1.73. The summed E-state index contributed by atoms with van der Waals surface area (Å²) in [4.78, 5) is 16.6. The van der Waals surface area contributed by atoms with Crippen LogP contribution in [-0.4, -0.2) is 35.6 Å². The lowest BCUT2D eigenvalue weighted by Gasteiger charge is -2.65. The molecule has 1 saturated carbocycles. The third-order valence-corrected chi connectivity index (χ3v) is 7.16. The fourth-order valence-electron chi connectivity index (χ4n) is 4.69. The minimum atomic E-state index is -0.772. The molecule has 2 N–H and O–H groups in total. The summed E-state index contributed by atoms with van der Waals surface area (Å²) >= 11 is 1.80. The molecule has 2 fully saturated rings. The number of fused-ring (bicyclic) bond motifs is 2. The van der Waals surface area contributed by atoms with Crippen molar-refractivity contribution in [2.45, 2.75) is 51.3 Å². The van der Waals surface area contributed by atoms with Crippen LogP contribution in [0.25, 0.3) is 0 Å². The molecule has 4 rings (SSSR count). The normalized spacial score (nSPS) is 36.2. The zero-order valence-corrected chi connectivity index (χ0v) is 14.1. The molecule has 3 atom stereocenters. The standard InChI is InChI=1S/C17H24N2O2S/c1-16(2)14-12(4-3-8-21-14)17(16,18)15(20)19-7-5-13-11(10-19)6-9-22-13/h6,9,12,14H,3-5,7-8,10,18H2,1-2H3. The molecule has 1 aromatic rings. The molecule has 0 radical (unpaired) electrons. The first-order valence-corrected chi connectivity index (χ1v) is 9.09. The second-order valence-electron chi connectivity index (χ2n) is 7.48. The molecule has 2 aliphatic heterocycles. The monoisotopic (exact) mass is 320 g/mol. The van der Waals surface area contributed by atoms with E-state index in [-0.39, 0.29) is 23.3 Å². The maximum Gasteiger partial charge on any atom is 0.244 e. The number of nitrogens with two attached hydrogens (primary N) is 1. The van der Waals surface area contributed by atoms with Crippen LogP contribution in [0, 0.1) is 11.3 Å². The summed E-state index contributed by atoms with van der Waals surface area (Å²) in [7, 11) is 0. The SMILES string of the molecule is CC1(C)C2OCCCC2C1(N)C(=O)N1CCc2sccc2C1. The molecule has 5 heteroatoms. The first-order valence-electron chi connectivity index (χ1n) is 8.21. The van der Waals surface area contributed by atoms with Gasteiger partial charge < -0.3 is 15.4 Å². The molecule has 1 amide bonds. The largest absolute Gasteiger partial charge is 0.377 e. The Kier molecular flexibility index (Phi) is 3.19. The van der Waals surface area contributed by atoms with Gasteiger partial charge in [-0.05, 0) is 36.3 Å². The summed E-state index contributed by atoms with van der Waals surface area (Å²) in [5, 5.41) is 2.12. The van der Waals surface area contributed by atoms with E-state index in [9.17, 15) is 4.79 Å². The predicted molar refractivity (Wildman–Crippen MR) is 86.6 cm³/mol. The van der Waals surface area contributed by atoms with Crippen LogP contribution < -0.4 is 5.73 Å². The second kappa shape index (κ2) is 4.79. The molecule has 1 aromatic heterocycles. The lowest BCUT2D eigenvalue weighted by atomic mass is 9.46. The predicted octanol–water partition coefficient (Wildman–Crippen LogP) is 2.17. The van der Waals surface area contributed by atoms with Crippen molar-refractivity contribution in [1.82, 2.24) is 4.90 Å². The van der Waals surface area contributed by atoms with Crippen molar-refractivity contribution < 1.29 is 9.53 Å². The highest BCUT2D eigenvalue weighted by molar-refractivity contribution is 7.10. The van der Waals surface area contributed by atoms with E-state index < -0.39 is 5.54 Å². The van der Waals surface area contributed by atoms with Gasteiger partial charge in [0.15, 0.2) is 0 Å². The minimum Gasteiger partial charge on any atom is -0.377 e. The minimum absolute atomic E-state index is 0.126. The molecule has 0 spiro atoms. The fraction of sp³-hybridized carbons (Fsp3) is 0.706. The van der Waals surface area contributed by atoms with Gasteiger partial charge in [-0.3, -0.25) is 4.79 Å². The molecular formula is C17H24N2O2S. The topological polar surface area (TPSA) is 55.6 Å². The first kappa shape index (κ1) is 14.7. The van der Waals surface area contributed by atoms with E-state index in [4.69, 9.17) is 10.5 Å². The van der Waals surface area contributed by atoms with Crippen molar-refractivity contribution >= 4 is 17.2 Å². The Bertz CT molecular complexity index is 612. The quantitative estimate of drug-likeness (QED) is 0.863. The van der Waals surface area contributed by atoms with Gasteiger partial charge in [0.05, 0.1) is 6.10 Å². The number of carbonyl (C=O) groups excluding carboxylic acids is 1. The molecule has 3 unspecified atom stereocenters. The van der Waals surface area contributed by atoms with Crippen LogP contribution in [0.3, 0.4) is 0 Å². The lowest BCUT2D eigenvalue weighted by Crippen LogP contribution is -2.82. The van der Waals surface area contributed by atoms with Gasteiger partial charge in [-0.25, -0.2) is 0 Å². The van der Waals surface area contributed by atoms with E-state index in [1.165, 1.54) is 10.4 Å². The summed E-state index contributed by atoms with van der Waals surface area (Å²) in [5.41, 5.74) is 6.97. The number of carbonyl (C=O) groups is 1. The van der Waals surface area contributed by atoms with Crippen LogP contribution >= 0.6 is 11.3 Å². The second-order valence-corrected chi connectivity index (χ2v) is 8.48. The van der Waals surface area contributed by atoms with Crippen molar-refractivity contribution in [3.05, 3.63) is 21.9 Å². The Morgan fingerprint density at radius 1 is 1.50 bits per heavy atom. The van der Waals surface area contributed by atoms with Crippen LogP contribution in [-0.2, 0) is 22.5 Å². The van der Waals surface area contributed by atoms with Gasteiger partial charge in [-0.1, -0.05) is 13.8 Å². The molecule has 1 aliphatic carbocycles. The highest BCUT2D eigenvalue weighted by Gasteiger charge is 2.70. The molecule has 3 heterocycles. The Hall–Kier alpha value is -0.910.